The van der Waals surface area contributed by atoms with Crippen LogP contribution in [0.1, 0.15) is 16.7 Å². The Balaban J connectivity index is 1.95. The van der Waals surface area contributed by atoms with E-state index in [1.54, 1.807) is 24.3 Å². The van der Waals surface area contributed by atoms with Gasteiger partial charge in [-0.3, -0.25) is 9.10 Å². The minimum absolute atomic E-state index is 0.244. The van der Waals surface area contributed by atoms with Gasteiger partial charge < -0.3 is 10.1 Å². The van der Waals surface area contributed by atoms with Crippen molar-refractivity contribution in [3.63, 3.8) is 0 Å². The summed E-state index contributed by atoms with van der Waals surface area (Å²) >= 11 is 6.05. The predicted molar refractivity (Wildman–Crippen MR) is 113 cm³/mol. The SMILES string of the molecule is Cc1ccc(OCCNC(=O)CN(c2cccc(C)c2C)S(C)(=O)=O)cc1Cl. The number of benzene rings is 2. The van der Waals surface area contributed by atoms with Gasteiger partial charge in [-0.2, -0.15) is 0 Å². The monoisotopic (exact) mass is 424 g/mol. The number of carbonyl (C=O) groups is 1. The van der Waals surface area contributed by atoms with Crippen LogP contribution in [-0.4, -0.2) is 40.3 Å². The minimum Gasteiger partial charge on any atom is -0.492 e. The Morgan fingerprint density at radius 2 is 1.86 bits per heavy atom. The van der Waals surface area contributed by atoms with Gasteiger partial charge in [-0.15, -0.1) is 0 Å². The molecule has 0 aromatic heterocycles. The number of halogens is 1. The van der Waals surface area contributed by atoms with Crippen LogP contribution < -0.4 is 14.4 Å². The molecule has 6 nitrogen and oxygen atoms in total. The molecule has 0 saturated heterocycles. The molecule has 2 rings (SSSR count). The van der Waals surface area contributed by atoms with E-state index in [0.717, 1.165) is 27.3 Å². The maximum absolute atomic E-state index is 12.3. The topological polar surface area (TPSA) is 75.7 Å². The number of sulfonamides is 1. The Morgan fingerprint density at radius 1 is 1.14 bits per heavy atom. The summed E-state index contributed by atoms with van der Waals surface area (Å²) in [5, 5.41) is 3.29. The molecule has 0 aliphatic carbocycles. The molecule has 0 radical (unpaired) electrons. The highest BCUT2D eigenvalue weighted by atomic mass is 35.5. The van der Waals surface area contributed by atoms with Gasteiger partial charge in [0, 0.05) is 5.02 Å². The highest BCUT2D eigenvalue weighted by Crippen LogP contribution is 2.24. The van der Waals surface area contributed by atoms with Gasteiger partial charge in [0.25, 0.3) is 0 Å². The Kier molecular flexibility index (Phi) is 7.32. The largest absolute Gasteiger partial charge is 0.492 e. The summed E-state index contributed by atoms with van der Waals surface area (Å²) in [5.41, 5.74) is 3.23. The number of aryl methyl sites for hydroxylation is 2. The zero-order chi connectivity index (χ0) is 20.9. The summed E-state index contributed by atoms with van der Waals surface area (Å²) < 4.78 is 31.1. The normalized spacial score (nSPS) is 11.2. The molecule has 0 aliphatic heterocycles. The number of carbonyl (C=O) groups excluding carboxylic acids is 1. The zero-order valence-electron chi connectivity index (χ0n) is 16.5. The quantitative estimate of drug-likeness (QED) is 0.660. The highest BCUT2D eigenvalue weighted by molar-refractivity contribution is 7.92. The maximum Gasteiger partial charge on any atom is 0.240 e. The van der Waals surface area contributed by atoms with Gasteiger partial charge in [-0.1, -0.05) is 29.8 Å². The van der Waals surface area contributed by atoms with Crippen LogP contribution in [0.25, 0.3) is 0 Å². The molecule has 0 atom stereocenters. The fourth-order valence-corrected chi connectivity index (χ4v) is 3.67. The average Bonchev–Trinajstić information content (AvgIpc) is 2.61. The molecule has 2 aromatic rings. The van der Waals surface area contributed by atoms with E-state index >= 15 is 0 Å². The van der Waals surface area contributed by atoms with Gasteiger partial charge in [0.2, 0.25) is 15.9 Å². The summed E-state index contributed by atoms with van der Waals surface area (Å²) in [6, 6.07) is 10.7. The number of ether oxygens (including phenoxy) is 1. The van der Waals surface area contributed by atoms with Crippen LogP contribution in [-0.2, 0) is 14.8 Å². The molecule has 8 heteroatoms. The number of nitrogens with one attached hydrogen (secondary N) is 1. The number of rotatable bonds is 8. The molecule has 2 aromatic carbocycles. The molecular weight excluding hydrogens is 400 g/mol. The van der Waals surface area contributed by atoms with Crippen LogP contribution >= 0.6 is 11.6 Å². The van der Waals surface area contributed by atoms with Crippen molar-refractivity contribution < 1.29 is 17.9 Å². The molecule has 1 N–H and O–H groups in total. The highest BCUT2D eigenvalue weighted by Gasteiger charge is 2.22. The van der Waals surface area contributed by atoms with Gasteiger partial charge >= 0.3 is 0 Å². The molecule has 0 aliphatic rings. The molecule has 0 unspecified atom stereocenters. The van der Waals surface area contributed by atoms with Gasteiger partial charge in [0.1, 0.15) is 18.9 Å². The summed E-state index contributed by atoms with van der Waals surface area (Å²) in [6.07, 6.45) is 1.09. The number of nitrogens with zero attached hydrogens (tertiary/aromatic N) is 1. The predicted octanol–water partition coefficient (Wildman–Crippen LogP) is 3.23. The summed E-state index contributed by atoms with van der Waals surface area (Å²) in [7, 11) is -3.61. The minimum atomic E-state index is -3.61. The number of anilines is 1. The van der Waals surface area contributed by atoms with Crippen LogP contribution in [0.2, 0.25) is 5.02 Å². The van der Waals surface area contributed by atoms with Crippen LogP contribution in [0, 0.1) is 20.8 Å². The van der Waals surface area contributed by atoms with E-state index < -0.39 is 15.9 Å². The molecule has 0 bridgehead atoms. The molecule has 1 amide bonds. The standard InChI is InChI=1S/C20H25ClN2O4S/c1-14-6-5-7-19(16(14)3)23(28(4,25)26)13-20(24)22-10-11-27-17-9-8-15(2)18(21)12-17/h5-9,12H,10-11,13H2,1-4H3,(H,22,24). The first-order valence-corrected chi connectivity index (χ1v) is 11.0. The van der Waals surface area contributed by atoms with E-state index in [9.17, 15) is 13.2 Å². The first kappa shape index (κ1) is 22.0. The molecule has 0 heterocycles. The van der Waals surface area contributed by atoms with Crippen molar-refractivity contribution in [3.8, 4) is 5.75 Å². The lowest BCUT2D eigenvalue weighted by Gasteiger charge is -2.24. The second-order valence-electron chi connectivity index (χ2n) is 6.60. The lowest BCUT2D eigenvalue weighted by Crippen LogP contribution is -2.41. The second kappa shape index (κ2) is 9.30. The van der Waals surface area contributed by atoms with E-state index in [1.165, 1.54) is 0 Å². The van der Waals surface area contributed by atoms with Crippen molar-refractivity contribution in [1.29, 1.82) is 0 Å². The van der Waals surface area contributed by atoms with Gasteiger partial charge in [-0.05, 0) is 55.7 Å². The third-order valence-corrected chi connectivity index (χ3v) is 5.90. The van der Waals surface area contributed by atoms with E-state index in [4.69, 9.17) is 16.3 Å². The fourth-order valence-electron chi connectivity index (χ4n) is 2.60. The Hall–Kier alpha value is -2.25. The average molecular weight is 425 g/mol. The number of hydrogen-bond acceptors (Lipinski definition) is 4. The Morgan fingerprint density at radius 3 is 2.50 bits per heavy atom. The van der Waals surface area contributed by atoms with Gasteiger partial charge in [0.05, 0.1) is 18.5 Å². The molecular formula is C20H25ClN2O4S. The fraction of sp³-hybridized carbons (Fsp3) is 0.350. The second-order valence-corrected chi connectivity index (χ2v) is 8.91. The maximum atomic E-state index is 12.3. The van der Waals surface area contributed by atoms with Crippen molar-refractivity contribution in [2.75, 3.05) is 30.3 Å². The lowest BCUT2D eigenvalue weighted by molar-refractivity contribution is -0.119. The molecule has 152 valence electrons. The van der Waals surface area contributed by atoms with Crippen molar-refractivity contribution in [2.24, 2.45) is 0 Å². The number of amides is 1. The molecule has 0 saturated carbocycles. The van der Waals surface area contributed by atoms with Crippen molar-refractivity contribution in [2.45, 2.75) is 20.8 Å². The first-order valence-electron chi connectivity index (χ1n) is 8.79. The molecule has 28 heavy (non-hydrogen) atoms. The van der Waals surface area contributed by atoms with Crippen LogP contribution in [0.3, 0.4) is 0 Å². The van der Waals surface area contributed by atoms with Crippen molar-refractivity contribution in [1.82, 2.24) is 5.32 Å². The molecule has 0 spiro atoms. The summed E-state index contributed by atoms with van der Waals surface area (Å²) in [5.74, 6) is 0.204. The van der Waals surface area contributed by atoms with E-state index in [-0.39, 0.29) is 19.7 Å². The van der Waals surface area contributed by atoms with Crippen LogP contribution in [0.4, 0.5) is 5.69 Å². The van der Waals surface area contributed by atoms with Crippen molar-refractivity contribution >= 4 is 33.2 Å². The van der Waals surface area contributed by atoms with Gasteiger partial charge in [-0.25, -0.2) is 8.42 Å². The molecule has 0 fully saturated rings. The zero-order valence-corrected chi connectivity index (χ0v) is 18.0. The van der Waals surface area contributed by atoms with Crippen LogP contribution in [0.15, 0.2) is 36.4 Å². The van der Waals surface area contributed by atoms with E-state index in [2.05, 4.69) is 5.32 Å². The van der Waals surface area contributed by atoms with Crippen molar-refractivity contribution in [3.05, 3.63) is 58.1 Å². The van der Waals surface area contributed by atoms with Crippen LogP contribution in [0.5, 0.6) is 5.75 Å². The number of hydrogen-bond donors (Lipinski definition) is 1. The first-order chi connectivity index (χ1) is 13.1. The van der Waals surface area contributed by atoms with Gasteiger partial charge in [0.15, 0.2) is 0 Å². The lowest BCUT2D eigenvalue weighted by atomic mass is 10.1. The Bertz CT molecular complexity index is 961. The van der Waals surface area contributed by atoms with E-state index in [0.29, 0.717) is 16.5 Å². The third kappa shape index (κ3) is 5.87. The third-order valence-electron chi connectivity index (χ3n) is 4.37. The Labute approximate surface area is 171 Å². The smallest absolute Gasteiger partial charge is 0.240 e. The summed E-state index contributed by atoms with van der Waals surface area (Å²) in [4.78, 5) is 12.3. The summed E-state index contributed by atoms with van der Waals surface area (Å²) in [6.45, 7) is 5.83. The van der Waals surface area contributed by atoms with E-state index in [1.807, 2.05) is 32.9 Å².